The molecule has 0 aliphatic carbocycles. The van der Waals surface area contributed by atoms with Gasteiger partial charge in [-0.15, -0.1) is 0 Å². The maximum absolute atomic E-state index is 13.0. The third-order valence-corrected chi connectivity index (χ3v) is 2.84. The highest BCUT2D eigenvalue weighted by Gasteiger charge is 2.03. The first kappa shape index (κ1) is 13.6. The van der Waals surface area contributed by atoms with Gasteiger partial charge in [0.1, 0.15) is 5.82 Å². The van der Waals surface area contributed by atoms with Crippen molar-refractivity contribution in [3.05, 3.63) is 53.3 Å². The summed E-state index contributed by atoms with van der Waals surface area (Å²) in [6, 6.07) is 11.4. The highest BCUT2D eigenvalue weighted by molar-refractivity contribution is 7.80. The number of nitrogens with two attached hydrogens (primary N) is 1. The summed E-state index contributed by atoms with van der Waals surface area (Å²) in [7, 11) is 0. The summed E-state index contributed by atoms with van der Waals surface area (Å²) < 4.78 is 13.0. The molecule has 2 aromatic carbocycles. The number of rotatable bonds is 2. The third kappa shape index (κ3) is 3.81. The van der Waals surface area contributed by atoms with Gasteiger partial charge in [-0.3, -0.25) is 0 Å². The molecule has 98 valence electrons. The lowest BCUT2D eigenvalue weighted by Crippen LogP contribution is -2.19. The van der Waals surface area contributed by atoms with Crippen molar-refractivity contribution in [2.45, 2.75) is 0 Å². The van der Waals surface area contributed by atoms with E-state index in [1.807, 2.05) is 0 Å². The van der Waals surface area contributed by atoms with Gasteiger partial charge in [0.05, 0.1) is 5.02 Å². The monoisotopic (exact) mass is 295 g/mol. The first-order chi connectivity index (χ1) is 9.04. The van der Waals surface area contributed by atoms with Crippen LogP contribution < -0.4 is 16.4 Å². The van der Waals surface area contributed by atoms with Gasteiger partial charge in [0.15, 0.2) is 5.11 Å². The van der Waals surface area contributed by atoms with Crippen molar-refractivity contribution in [2.75, 3.05) is 16.4 Å². The van der Waals surface area contributed by atoms with E-state index in [1.54, 1.807) is 30.3 Å². The fourth-order valence-electron chi connectivity index (χ4n) is 1.43. The molecule has 2 aromatic rings. The van der Waals surface area contributed by atoms with Crippen LogP contribution in [0.4, 0.5) is 21.5 Å². The van der Waals surface area contributed by atoms with E-state index in [9.17, 15) is 4.39 Å². The van der Waals surface area contributed by atoms with E-state index < -0.39 is 5.82 Å². The van der Waals surface area contributed by atoms with Crippen molar-refractivity contribution in [1.82, 2.24) is 0 Å². The molecular formula is C13H11ClFN3S. The molecule has 0 saturated carbocycles. The Morgan fingerprint density at radius 1 is 1.05 bits per heavy atom. The van der Waals surface area contributed by atoms with Gasteiger partial charge in [-0.1, -0.05) is 11.6 Å². The summed E-state index contributed by atoms with van der Waals surface area (Å²) >= 11 is 10.8. The van der Waals surface area contributed by atoms with Crippen molar-refractivity contribution in [1.29, 1.82) is 0 Å². The zero-order valence-electron chi connectivity index (χ0n) is 9.78. The number of nitrogen functional groups attached to an aromatic ring is 1. The van der Waals surface area contributed by atoms with Crippen LogP contribution in [0.5, 0.6) is 0 Å². The zero-order chi connectivity index (χ0) is 13.8. The molecule has 0 radical (unpaired) electrons. The summed E-state index contributed by atoms with van der Waals surface area (Å²) in [5.41, 5.74) is 7.68. The minimum absolute atomic E-state index is 0.0419. The fourth-order valence-corrected chi connectivity index (χ4v) is 1.85. The maximum Gasteiger partial charge on any atom is 0.175 e. The van der Waals surface area contributed by atoms with Crippen molar-refractivity contribution < 1.29 is 4.39 Å². The lowest BCUT2D eigenvalue weighted by Gasteiger charge is -2.11. The molecule has 0 amide bonds. The highest BCUT2D eigenvalue weighted by atomic mass is 35.5. The Hall–Kier alpha value is -1.85. The van der Waals surface area contributed by atoms with Crippen LogP contribution in [0.3, 0.4) is 0 Å². The predicted octanol–water partition coefficient (Wildman–Crippen LogP) is 3.87. The quantitative estimate of drug-likeness (QED) is 0.581. The summed E-state index contributed by atoms with van der Waals surface area (Å²) in [5.74, 6) is -0.468. The second-order valence-electron chi connectivity index (χ2n) is 3.83. The molecule has 19 heavy (non-hydrogen) atoms. The van der Waals surface area contributed by atoms with Crippen LogP contribution in [-0.4, -0.2) is 5.11 Å². The van der Waals surface area contributed by atoms with Crippen molar-refractivity contribution in [3.8, 4) is 0 Å². The fraction of sp³-hybridized carbons (Fsp3) is 0. The van der Waals surface area contributed by atoms with E-state index in [0.717, 1.165) is 5.69 Å². The summed E-state index contributed by atoms with van der Waals surface area (Å²) in [4.78, 5) is 0. The molecule has 0 spiro atoms. The Balaban J connectivity index is 2.01. The second-order valence-corrected chi connectivity index (χ2v) is 4.65. The zero-order valence-corrected chi connectivity index (χ0v) is 11.4. The number of hydrogen-bond donors (Lipinski definition) is 3. The summed E-state index contributed by atoms with van der Waals surface area (Å²) in [6.07, 6.45) is 0. The molecule has 0 bridgehead atoms. The van der Waals surface area contributed by atoms with Crippen LogP contribution in [0.25, 0.3) is 0 Å². The van der Waals surface area contributed by atoms with Gasteiger partial charge in [-0.25, -0.2) is 4.39 Å². The molecule has 0 saturated heterocycles. The predicted molar refractivity (Wildman–Crippen MR) is 82.1 cm³/mol. The summed E-state index contributed by atoms with van der Waals surface area (Å²) in [6.45, 7) is 0. The van der Waals surface area contributed by atoms with E-state index in [1.165, 1.54) is 12.1 Å². The Morgan fingerprint density at radius 2 is 1.63 bits per heavy atom. The molecule has 2 rings (SSSR count). The van der Waals surface area contributed by atoms with Gasteiger partial charge in [0.2, 0.25) is 0 Å². The van der Waals surface area contributed by atoms with Crippen LogP contribution in [-0.2, 0) is 0 Å². The first-order valence-electron chi connectivity index (χ1n) is 5.43. The average molecular weight is 296 g/mol. The Morgan fingerprint density at radius 3 is 2.26 bits per heavy atom. The first-order valence-corrected chi connectivity index (χ1v) is 6.22. The van der Waals surface area contributed by atoms with Gasteiger partial charge in [0, 0.05) is 17.1 Å². The molecule has 0 fully saturated rings. The molecule has 3 nitrogen and oxygen atoms in total. The largest absolute Gasteiger partial charge is 0.399 e. The highest BCUT2D eigenvalue weighted by Crippen LogP contribution is 2.19. The van der Waals surface area contributed by atoms with Gasteiger partial charge >= 0.3 is 0 Å². The molecule has 4 N–H and O–H groups in total. The number of nitrogens with one attached hydrogen (secondary N) is 2. The normalized spacial score (nSPS) is 10.0. The standard InChI is InChI=1S/C13H11ClFN3S/c14-11-7-10(5-6-12(11)15)18-13(19)17-9-3-1-8(16)2-4-9/h1-7H,16H2,(H2,17,18,19). The maximum atomic E-state index is 13.0. The minimum Gasteiger partial charge on any atom is -0.399 e. The molecular weight excluding hydrogens is 285 g/mol. The van der Waals surface area contributed by atoms with Gasteiger partial charge in [0.25, 0.3) is 0 Å². The van der Waals surface area contributed by atoms with Gasteiger partial charge in [-0.2, -0.15) is 0 Å². The second kappa shape index (κ2) is 5.86. The van der Waals surface area contributed by atoms with Crippen LogP contribution in [0.15, 0.2) is 42.5 Å². The van der Waals surface area contributed by atoms with E-state index in [-0.39, 0.29) is 5.02 Å². The SMILES string of the molecule is Nc1ccc(NC(=S)Nc2ccc(F)c(Cl)c2)cc1. The van der Waals surface area contributed by atoms with E-state index in [0.29, 0.717) is 16.5 Å². The topological polar surface area (TPSA) is 50.1 Å². The molecule has 6 heteroatoms. The lowest BCUT2D eigenvalue weighted by molar-refractivity contribution is 0.628. The van der Waals surface area contributed by atoms with Gasteiger partial charge in [-0.05, 0) is 54.7 Å². The van der Waals surface area contributed by atoms with Gasteiger partial charge < -0.3 is 16.4 Å². The molecule has 0 heterocycles. The lowest BCUT2D eigenvalue weighted by atomic mass is 10.3. The molecule has 0 aromatic heterocycles. The number of halogens is 2. The Labute approximate surface area is 120 Å². The summed E-state index contributed by atoms with van der Waals surface area (Å²) in [5, 5.41) is 6.31. The van der Waals surface area contributed by atoms with E-state index in [2.05, 4.69) is 10.6 Å². The number of anilines is 3. The number of benzene rings is 2. The van der Waals surface area contributed by atoms with Crippen molar-refractivity contribution in [3.63, 3.8) is 0 Å². The van der Waals surface area contributed by atoms with E-state index >= 15 is 0 Å². The van der Waals surface area contributed by atoms with Crippen molar-refractivity contribution in [2.24, 2.45) is 0 Å². The van der Waals surface area contributed by atoms with E-state index in [4.69, 9.17) is 29.6 Å². The third-order valence-electron chi connectivity index (χ3n) is 2.35. The Kier molecular flexibility index (Phi) is 4.19. The molecule has 0 atom stereocenters. The average Bonchev–Trinajstić information content (AvgIpc) is 2.37. The molecule has 0 aliphatic rings. The number of thiocarbonyl (C=S) groups is 1. The van der Waals surface area contributed by atoms with Crippen LogP contribution >= 0.6 is 23.8 Å². The molecule has 0 unspecified atom stereocenters. The minimum atomic E-state index is -0.468. The number of hydrogen-bond acceptors (Lipinski definition) is 2. The van der Waals surface area contributed by atoms with Crippen LogP contribution in [0, 0.1) is 5.82 Å². The smallest absolute Gasteiger partial charge is 0.175 e. The van der Waals surface area contributed by atoms with Crippen molar-refractivity contribution >= 4 is 46.0 Å². The van der Waals surface area contributed by atoms with Crippen LogP contribution in [0.1, 0.15) is 0 Å². The van der Waals surface area contributed by atoms with Crippen LogP contribution in [0.2, 0.25) is 5.02 Å². The molecule has 0 aliphatic heterocycles. The Bertz CT molecular complexity index is 601.